The molecule has 7 nitrogen and oxygen atoms in total. The number of H-pyrrole nitrogens is 1. The smallest absolute Gasteiger partial charge is 0.260 e. The van der Waals surface area contributed by atoms with Gasteiger partial charge in [0, 0.05) is 38.7 Å². The van der Waals surface area contributed by atoms with Gasteiger partial charge in [-0.25, -0.2) is 0 Å². The summed E-state index contributed by atoms with van der Waals surface area (Å²) in [6.07, 6.45) is 5.37. The lowest BCUT2D eigenvalue weighted by molar-refractivity contribution is 0.0783. The third kappa shape index (κ3) is 5.38. The summed E-state index contributed by atoms with van der Waals surface area (Å²) in [4.78, 5) is 45.2. The van der Waals surface area contributed by atoms with E-state index in [9.17, 15) is 14.4 Å². The molecule has 0 fully saturated rings. The quantitative estimate of drug-likeness (QED) is 0.645. The number of amides is 2. The number of aromatic nitrogens is 2. The predicted molar refractivity (Wildman–Crippen MR) is 110 cm³/mol. The third-order valence-corrected chi connectivity index (χ3v) is 4.45. The van der Waals surface area contributed by atoms with Crippen LogP contribution in [0, 0.1) is 0 Å². The largest absolute Gasteiger partial charge is 0.352 e. The fourth-order valence-corrected chi connectivity index (χ4v) is 2.88. The Morgan fingerprint density at radius 1 is 1.07 bits per heavy atom. The zero-order valence-corrected chi connectivity index (χ0v) is 16.1. The summed E-state index contributed by atoms with van der Waals surface area (Å²) in [6.45, 7) is 0.792. The van der Waals surface area contributed by atoms with Crippen molar-refractivity contribution in [3.63, 3.8) is 0 Å². The van der Waals surface area contributed by atoms with Crippen LogP contribution in [0.4, 0.5) is 0 Å². The average molecular weight is 390 g/mol. The molecule has 3 rings (SSSR count). The highest BCUT2D eigenvalue weighted by molar-refractivity contribution is 5.99. The minimum Gasteiger partial charge on any atom is -0.352 e. The molecule has 2 aromatic heterocycles. The molecule has 2 heterocycles. The normalized spacial score (nSPS) is 10.4. The summed E-state index contributed by atoms with van der Waals surface area (Å²) in [6, 6.07) is 14.6. The second-order valence-corrected chi connectivity index (χ2v) is 6.64. The second kappa shape index (κ2) is 9.45. The first-order chi connectivity index (χ1) is 14.0. The van der Waals surface area contributed by atoms with E-state index in [-0.39, 0.29) is 17.0 Å². The lowest BCUT2D eigenvalue weighted by Gasteiger charge is -2.17. The van der Waals surface area contributed by atoms with Crippen LogP contribution in [0.2, 0.25) is 0 Å². The molecule has 0 aliphatic carbocycles. The first-order valence-corrected chi connectivity index (χ1v) is 9.24. The molecule has 0 aliphatic rings. The Morgan fingerprint density at radius 3 is 2.52 bits per heavy atom. The topological polar surface area (TPSA) is 95.2 Å². The van der Waals surface area contributed by atoms with Crippen molar-refractivity contribution in [3.05, 3.63) is 99.7 Å². The van der Waals surface area contributed by atoms with Crippen LogP contribution >= 0.6 is 0 Å². The molecule has 2 amide bonds. The molecule has 0 aliphatic heterocycles. The van der Waals surface area contributed by atoms with Crippen molar-refractivity contribution in [1.82, 2.24) is 20.2 Å². The second-order valence-electron chi connectivity index (χ2n) is 6.64. The number of carbonyl (C=O) groups excluding carboxylic acids is 2. The number of rotatable bonds is 7. The lowest BCUT2D eigenvalue weighted by Crippen LogP contribution is -2.33. The van der Waals surface area contributed by atoms with Crippen LogP contribution in [0.15, 0.2) is 71.9 Å². The molecule has 7 heteroatoms. The summed E-state index contributed by atoms with van der Waals surface area (Å²) >= 11 is 0. The maximum absolute atomic E-state index is 12.7. The standard InChI is InChI=1S/C22H22N4O3/c1-26(15-17-5-3-2-4-6-17)22(29)19-13-18(14-25-21(19)28)20(27)24-12-9-16-7-10-23-11-8-16/h2-8,10-11,13-14H,9,12,15H2,1H3,(H,24,27)(H,25,28). The molecule has 0 radical (unpaired) electrons. The van der Waals surface area contributed by atoms with Crippen molar-refractivity contribution in [1.29, 1.82) is 0 Å². The molecule has 3 aromatic rings. The third-order valence-electron chi connectivity index (χ3n) is 4.45. The molecule has 29 heavy (non-hydrogen) atoms. The van der Waals surface area contributed by atoms with Crippen LogP contribution in [-0.4, -0.2) is 40.3 Å². The minimum atomic E-state index is -0.525. The van der Waals surface area contributed by atoms with E-state index >= 15 is 0 Å². The Kier molecular flexibility index (Phi) is 6.52. The van der Waals surface area contributed by atoms with Gasteiger partial charge < -0.3 is 15.2 Å². The zero-order chi connectivity index (χ0) is 20.6. The number of nitrogens with zero attached hydrogens (tertiary/aromatic N) is 2. The number of benzene rings is 1. The highest BCUT2D eigenvalue weighted by Gasteiger charge is 2.18. The number of hydrogen-bond acceptors (Lipinski definition) is 4. The van der Waals surface area contributed by atoms with Gasteiger partial charge >= 0.3 is 0 Å². The van der Waals surface area contributed by atoms with Gasteiger partial charge in [0.1, 0.15) is 5.56 Å². The van der Waals surface area contributed by atoms with Gasteiger partial charge in [0.05, 0.1) is 5.56 Å². The Labute approximate surface area is 168 Å². The monoisotopic (exact) mass is 390 g/mol. The van der Waals surface area contributed by atoms with Crippen LogP contribution in [0.3, 0.4) is 0 Å². The van der Waals surface area contributed by atoms with Crippen LogP contribution in [0.25, 0.3) is 0 Å². The highest BCUT2D eigenvalue weighted by atomic mass is 16.2. The fourth-order valence-electron chi connectivity index (χ4n) is 2.88. The van der Waals surface area contributed by atoms with E-state index in [0.29, 0.717) is 19.5 Å². The van der Waals surface area contributed by atoms with Gasteiger partial charge in [-0.1, -0.05) is 30.3 Å². The van der Waals surface area contributed by atoms with Crippen molar-refractivity contribution in [2.75, 3.05) is 13.6 Å². The van der Waals surface area contributed by atoms with E-state index in [4.69, 9.17) is 0 Å². The average Bonchev–Trinajstić information content (AvgIpc) is 2.75. The van der Waals surface area contributed by atoms with Gasteiger partial charge in [-0.3, -0.25) is 19.4 Å². The zero-order valence-electron chi connectivity index (χ0n) is 16.1. The van der Waals surface area contributed by atoms with Crippen molar-refractivity contribution < 1.29 is 9.59 Å². The molecule has 0 bridgehead atoms. The Balaban J connectivity index is 1.66. The Bertz CT molecular complexity index is 1030. The summed E-state index contributed by atoms with van der Waals surface area (Å²) in [7, 11) is 1.62. The highest BCUT2D eigenvalue weighted by Crippen LogP contribution is 2.07. The first-order valence-electron chi connectivity index (χ1n) is 9.24. The van der Waals surface area contributed by atoms with Crippen molar-refractivity contribution in [2.45, 2.75) is 13.0 Å². The van der Waals surface area contributed by atoms with Gasteiger partial charge in [-0.2, -0.15) is 0 Å². The predicted octanol–water partition coefficient (Wildman–Crippen LogP) is 2.01. The molecule has 2 N–H and O–H groups in total. The number of hydrogen-bond donors (Lipinski definition) is 2. The van der Waals surface area contributed by atoms with Crippen LogP contribution in [0.1, 0.15) is 31.8 Å². The van der Waals surface area contributed by atoms with Crippen LogP contribution in [0.5, 0.6) is 0 Å². The summed E-state index contributed by atoms with van der Waals surface area (Å²) in [5.41, 5.74) is 1.65. The number of pyridine rings is 2. The Morgan fingerprint density at radius 2 is 1.79 bits per heavy atom. The molecule has 0 saturated heterocycles. The molecule has 0 atom stereocenters. The van der Waals surface area contributed by atoms with Gasteiger partial charge in [-0.05, 0) is 35.7 Å². The number of carbonyl (C=O) groups is 2. The van der Waals surface area contributed by atoms with Gasteiger partial charge in [0.15, 0.2) is 0 Å². The van der Waals surface area contributed by atoms with E-state index in [1.54, 1.807) is 19.4 Å². The number of nitrogens with one attached hydrogen (secondary N) is 2. The first kappa shape index (κ1) is 20.0. The molecule has 1 aromatic carbocycles. The molecule has 0 unspecified atom stereocenters. The molecule has 148 valence electrons. The van der Waals surface area contributed by atoms with E-state index in [2.05, 4.69) is 15.3 Å². The van der Waals surface area contributed by atoms with Crippen molar-refractivity contribution >= 4 is 11.8 Å². The molecule has 0 spiro atoms. The maximum atomic E-state index is 12.7. The molecular weight excluding hydrogens is 368 g/mol. The summed E-state index contributed by atoms with van der Waals surface area (Å²) in [5, 5.41) is 2.80. The molecule has 0 saturated carbocycles. The van der Waals surface area contributed by atoms with E-state index in [1.807, 2.05) is 42.5 Å². The Hall–Kier alpha value is -3.74. The summed E-state index contributed by atoms with van der Waals surface area (Å²) in [5.74, 6) is -0.795. The van der Waals surface area contributed by atoms with E-state index in [0.717, 1.165) is 11.1 Å². The number of aromatic amines is 1. The van der Waals surface area contributed by atoms with Crippen LogP contribution < -0.4 is 10.9 Å². The SMILES string of the molecule is CN(Cc1ccccc1)C(=O)c1cc(C(=O)NCCc2ccncc2)c[nH]c1=O. The van der Waals surface area contributed by atoms with Gasteiger partial charge in [0.2, 0.25) is 0 Å². The maximum Gasteiger partial charge on any atom is 0.260 e. The minimum absolute atomic E-state index is 0.0646. The van der Waals surface area contributed by atoms with Crippen molar-refractivity contribution in [3.8, 4) is 0 Å². The lowest BCUT2D eigenvalue weighted by atomic mass is 10.1. The van der Waals surface area contributed by atoms with E-state index < -0.39 is 11.5 Å². The van der Waals surface area contributed by atoms with E-state index in [1.165, 1.54) is 17.2 Å². The fraction of sp³-hybridized carbons (Fsp3) is 0.182. The van der Waals surface area contributed by atoms with Gasteiger partial charge in [-0.15, -0.1) is 0 Å². The molecular formula is C22H22N4O3. The van der Waals surface area contributed by atoms with Gasteiger partial charge in [0.25, 0.3) is 17.4 Å². The summed E-state index contributed by atoms with van der Waals surface area (Å²) < 4.78 is 0. The van der Waals surface area contributed by atoms with Crippen LogP contribution in [-0.2, 0) is 13.0 Å². The van der Waals surface area contributed by atoms with Crippen molar-refractivity contribution in [2.24, 2.45) is 0 Å².